The number of hydrogen-bond donors (Lipinski definition) is 1. The van der Waals surface area contributed by atoms with Gasteiger partial charge in [0.25, 0.3) is 17.7 Å². The Hall–Kier alpha value is -3.06. The van der Waals surface area contributed by atoms with Crippen LogP contribution in [0.3, 0.4) is 0 Å². The average Bonchev–Trinajstić information content (AvgIpc) is 2.95. The maximum absolute atomic E-state index is 13.0. The number of fused-ring (bicyclic) bond motifs is 1. The molecule has 0 spiro atoms. The first-order valence-corrected chi connectivity index (χ1v) is 9.41. The van der Waals surface area contributed by atoms with E-state index in [1.165, 1.54) is 4.90 Å². The predicted octanol–water partition coefficient (Wildman–Crippen LogP) is 1.70. The van der Waals surface area contributed by atoms with Crippen LogP contribution in [0.5, 0.6) is 0 Å². The molecule has 1 N–H and O–H groups in total. The van der Waals surface area contributed by atoms with Gasteiger partial charge in [-0.25, -0.2) is 0 Å². The molecule has 0 radical (unpaired) electrons. The molecule has 2 atom stereocenters. The fourth-order valence-corrected chi connectivity index (χ4v) is 3.75. The first-order chi connectivity index (χ1) is 13.5. The van der Waals surface area contributed by atoms with E-state index in [0.29, 0.717) is 23.2 Å². The van der Waals surface area contributed by atoms with Gasteiger partial charge in [-0.2, -0.15) is 0 Å². The highest BCUT2D eigenvalue weighted by Gasteiger charge is 2.37. The molecule has 0 saturated carbocycles. The van der Waals surface area contributed by atoms with E-state index in [1.807, 2.05) is 18.7 Å². The maximum atomic E-state index is 13.0. The Balaban J connectivity index is 1.59. The van der Waals surface area contributed by atoms with Gasteiger partial charge < -0.3 is 10.2 Å². The Kier molecular flexibility index (Phi) is 4.68. The van der Waals surface area contributed by atoms with Crippen LogP contribution in [0, 0.1) is 0 Å². The second kappa shape index (κ2) is 7.16. The summed E-state index contributed by atoms with van der Waals surface area (Å²) in [4.78, 5) is 45.5. The van der Waals surface area contributed by atoms with Gasteiger partial charge in [-0.05, 0) is 49.7 Å². The van der Waals surface area contributed by atoms with Crippen LogP contribution in [0.4, 0.5) is 0 Å². The lowest BCUT2D eigenvalue weighted by atomic mass is 10.0. The highest BCUT2D eigenvalue weighted by atomic mass is 16.2. The monoisotopic (exact) mass is 378 g/mol. The number of carbonyl (C=O) groups excluding carboxylic acids is 3. The van der Waals surface area contributed by atoms with E-state index < -0.39 is 0 Å². The zero-order valence-electron chi connectivity index (χ0n) is 15.9. The van der Waals surface area contributed by atoms with E-state index in [0.717, 1.165) is 12.1 Å². The highest BCUT2D eigenvalue weighted by Crippen LogP contribution is 2.26. The van der Waals surface area contributed by atoms with Crippen LogP contribution in [-0.2, 0) is 6.54 Å². The molecule has 144 valence electrons. The Morgan fingerprint density at radius 2 is 1.82 bits per heavy atom. The number of pyridine rings is 1. The van der Waals surface area contributed by atoms with Crippen LogP contribution in [0.1, 0.15) is 50.5 Å². The van der Waals surface area contributed by atoms with Gasteiger partial charge in [0, 0.05) is 43.1 Å². The molecule has 1 saturated heterocycles. The number of hydrogen-bond acceptors (Lipinski definition) is 5. The van der Waals surface area contributed by atoms with Gasteiger partial charge in [-0.3, -0.25) is 24.3 Å². The minimum Gasteiger partial charge on any atom is -0.333 e. The third-order valence-electron chi connectivity index (χ3n) is 5.60. The van der Waals surface area contributed by atoms with Gasteiger partial charge in [-0.1, -0.05) is 0 Å². The van der Waals surface area contributed by atoms with E-state index in [-0.39, 0.29) is 36.3 Å². The van der Waals surface area contributed by atoms with Crippen LogP contribution in [0.25, 0.3) is 0 Å². The van der Waals surface area contributed by atoms with Crippen LogP contribution in [0.15, 0.2) is 42.7 Å². The van der Waals surface area contributed by atoms with Gasteiger partial charge >= 0.3 is 0 Å². The van der Waals surface area contributed by atoms with Crippen molar-refractivity contribution in [3.63, 3.8) is 0 Å². The van der Waals surface area contributed by atoms with E-state index in [9.17, 15) is 14.4 Å². The molecule has 28 heavy (non-hydrogen) atoms. The second-order valence-electron chi connectivity index (χ2n) is 7.29. The van der Waals surface area contributed by atoms with Crippen molar-refractivity contribution in [1.82, 2.24) is 20.1 Å². The van der Waals surface area contributed by atoms with Crippen LogP contribution >= 0.6 is 0 Å². The zero-order chi connectivity index (χ0) is 19.8. The van der Waals surface area contributed by atoms with Gasteiger partial charge in [0.1, 0.15) is 0 Å². The molecule has 3 amide bonds. The fraction of sp³-hybridized carbons (Fsp3) is 0.333. The average molecular weight is 378 g/mol. The normalized spacial score (nSPS) is 21.8. The van der Waals surface area contributed by atoms with Crippen molar-refractivity contribution in [2.45, 2.75) is 32.5 Å². The Bertz CT molecular complexity index is 944. The highest BCUT2D eigenvalue weighted by molar-refractivity contribution is 6.22. The molecule has 1 aromatic heterocycles. The molecular formula is C21H22N4O3. The number of benzene rings is 1. The first kappa shape index (κ1) is 18.3. The molecule has 7 nitrogen and oxygen atoms in total. The van der Waals surface area contributed by atoms with Crippen molar-refractivity contribution in [3.8, 4) is 0 Å². The van der Waals surface area contributed by atoms with E-state index >= 15 is 0 Å². The third-order valence-corrected chi connectivity index (χ3v) is 5.60. The number of nitrogens with one attached hydrogen (secondary N) is 1. The van der Waals surface area contributed by atoms with Crippen molar-refractivity contribution in [2.75, 3.05) is 13.1 Å². The molecule has 2 aromatic rings. The number of carbonyl (C=O) groups is 3. The number of piperazine rings is 1. The lowest BCUT2D eigenvalue weighted by molar-refractivity contribution is 0.0602. The molecule has 4 rings (SSSR count). The zero-order valence-corrected chi connectivity index (χ0v) is 15.9. The Morgan fingerprint density at radius 1 is 1.11 bits per heavy atom. The molecule has 1 fully saturated rings. The Labute approximate surface area is 163 Å². The third kappa shape index (κ3) is 3.07. The summed E-state index contributed by atoms with van der Waals surface area (Å²) in [6.45, 7) is 5.59. The molecule has 2 unspecified atom stereocenters. The molecule has 1 aromatic carbocycles. The summed E-state index contributed by atoms with van der Waals surface area (Å²) in [5, 5.41) is 3.35. The van der Waals surface area contributed by atoms with Crippen LogP contribution in [0.2, 0.25) is 0 Å². The molecular weight excluding hydrogens is 356 g/mol. The van der Waals surface area contributed by atoms with E-state index in [1.54, 1.807) is 42.7 Å². The first-order valence-electron chi connectivity index (χ1n) is 9.41. The van der Waals surface area contributed by atoms with Crippen molar-refractivity contribution < 1.29 is 14.4 Å². The van der Waals surface area contributed by atoms with Crippen molar-refractivity contribution >= 4 is 17.7 Å². The molecule has 2 aliphatic rings. The molecule has 7 heteroatoms. The number of amides is 3. The summed E-state index contributed by atoms with van der Waals surface area (Å²) < 4.78 is 0. The molecule has 3 heterocycles. The largest absolute Gasteiger partial charge is 0.333 e. The number of nitrogens with zero attached hydrogens (tertiary/aromatic N) is 3. The van der Waals surface area contributed by atoms with Gasteiger partial charge in [0.2, 0.25) is 0 Å². The molecule has 0 bridgehead atoms. The topological polar surface area (TPSA) is 82.6 Å². The smallest absolute Gasteiger partial charge is 0.261 e. The van der Waals surface area contributed by atoms with Gasteiger partial charge in [-0.15, -0.1) is 0 Å². The summed E-state index contributed by atoms with van der Waals surface area (Å²) in [6.07, 6.45) is 3.25. The predicted molar refractivity (Wildman–Crippen MR) is 103 cm³/mol. The fourth-order valence-electron chi connectivity index (χ4n) is 3.75. The minimum atomic E-state index is -0.367. The summed E-state index contributed by atoms with van der Waals surface area (Å²) in [6, 6.07) is 8.58. The lowest BCUT2D eigenvalue weighted by Gasteiger charge is -2.38. The number of rotatable bonds is 3. The van der Waals surface area contributed by atoms with Crippen molar-refractivity contribution in [1.29, 1.82) is 0 Å². The van der Waals surface area contributed by atoms with Crippen LogP contribution in [-0.4, -0.2) is 57.7 Å². The summed E-state index contributed by atoms with van der Waals surface area (Å²) in [5.74, 6) is -0.815. The quantitative estimate of drug-likeness (QED) is 0.822. The maximum Gasteiger partial charge on any atom is 0.261 e. The van der Waals surface area contributed by atoms with E-state index in [4.69, 9.17) is 0 Å². The Morgan fingerprint density at radius 3 is 2.57 bits per heavy atom. The standard InChI is InChI=1S/C21H22N4O3/c1-13-14(2)24(10-9-23-13)19(26)16-3-4-17-18(11-16)21(28)25(20(17)27)12-15-5-7-22-8-6-15/h3-8,11,13-14,23H,9-10,12H2,1-2H3. The van der Waals surface area contributed by atoms with E-state index in [2.05, 4.69) is 10.3 Å². The van der Waals surface area contributed by atoms with Crippen molar-refractivity contribution in [3.05, 3.63) is 65.0 Å². The summed E-state index contributed by atoms with van der Waals surface area (Å²) in [7, 11) is 0. The number of imide groups is 1. The summed E-state index contributed by atoms with van der Waals surface area (Å²) in [5.41, 5.74) is 1.90. The number of aromatic nitrogens is 1. The van der Waals surface area contributed by atoms with Gasteiger partial charge in [0.05, 0.1) is 17.7 Å². The lowest BCUT2D eigenvalue weighted by Crippen LogP contribution is -2.57. The minimum absolute atomic E-state index is 0.0510. The van der Waals surface area contributed by atoms with Crippen LogP contribution < -0.4 is 5.32 Å². The van der Waals surface area contributed by atoms with Crippen molar-refractivity contribution in [2.24, 2.45) is 0 Å². The molecule has 2 aliphatic heterocycles. The molecule has 0 aliphatic carbocycles. The SMILES string of the molecule is CC1NCCN(C(=O)c2ccc3c(c2)C(=O)N(Cc2ccncc2)C3=O)C1C. The van der Waals surface area contributed by atoms with Gasteiger partial charge in [0.15, 0.2) is 0 Å². The second-order valence-corrected chi connectivity index (χ2v) is 7.29. The summed E-state index contributed by atoms with van der Waals surface area (Å²) >= 11 is 0.